The van der Waals surface area contributed by atoms with Crippen molar-refractivity contribution >= 4 is 46.8 Å². The van der Waals surface area contributed by atoms with Gasteiger partial charge in [0, 0.05) is 41.0 Å². The highest BCUT2D eigenvalue weighted by Gasteiger charge is 2.43. The van der Waals surface area contributed by atoms with Crippen LogP contribution in [0.25, 0.3) is 0 Å². The van der Waals surface area contributed by atoms with E-state index in [2.05, 4.69) is 0 Å². The molecule has 2 heterocycles. The summed E-state index contributed by atoms with van der Waals surface area (Å²) in [5.74, 6) is -0.522. The average Bonchev–Trinajstić information content (AvgIpc) is 2.79. The normalized spacial score (nSPS) is 26.9. The van der Waals surface area contributed by atoms with Crippen LogP contribution in [0.3, 0.4) is 0 Å². The molecule has 0 saturated carbocycles. The maximum absolute atomic E-state index is 12.8. The van der Waals surface area contributed by atoms with Gasteiger partial charge in [0.1, 0.15) is 24.2 Å². The molecule has 1 aromatic carbocycles. The van der Waals surface area contributed by atoms with E-state index in [-0.39, 0.29) is 35.4 Å². The van der Waals surface area contributed by atoms with Crippen molar-refractivity contribution in [2.75, 3.05) is 40.0 Å². The monoisotopic (exact) mass is 482 g/mol. The highest BCUT2D eigenvalue weighted by molar-refractivity contribution is 6.21. The quantitative estimate of drug-likeness (QED) is 0.555. The fourth-order valence-corrected chi connectivity index (χ4v) is 4.94. The number of rotatable bonds is 6. The molecule has 2 aliphatic heterocycles. The van der Waals surface area contributed by atoms with E-state index in [9.17, 15) is 19.2 Å². The molecule has 0 aliphatic carbocycles. The molecular formula is C22H28Cl2N4O4. The molecule has 2 fully saturated rings. The van der Waals surface area contributed by atoms with Crippen LogP contribution >= 0.6 is 23.2 Å². The summed E-state index contributed by atoms with van der Waals surface area (Å²) in [6, 6.07) is 5.06. The fourth-order valence-electron chi connectivity index (χ4n) is 4.26. The SMILES string of the molecule is CN1C(=O)C(Cc2ccc(CC3C(=O)N(C)C(CCl)C(=O)N3C)cc2)N(C)C(=O)C1CCl. The molecule has 4 amide bonds. The molecule has 0 spiro atoms. The van der Waals surface area contributed by atoms with E-state index in [4.69, 9.17) is 23.2 Å². The van der Waals surface area contributed by atoms with E-state index >= 15 is 0 Å². The second-order valence-electron chi connectivity index (χ2n) is 8.39. The van der Waals surface area contributed by atoms with Gasteiger partial charge in [0.15, 0.2) is 0 Å². The second kappa shape index (κ2) is 9.67. The maximum Gasteiger partial charge on any atom is 0.247 e. The summed E-state index contributed by atoms with van der Waals surface area (Å²) in [4.78, 5) is 56.3. The van der Waals surface area contributed by atoms with E-state index < -0.39 is 24.2 Å². The third-order valence-electron chi connectivity index (χ3n) is 6.57. The first kappa shape index (κ1) is 24.3. The van der Waals surface area contributed by atoms with Crippen molar-refractivity contribution in [3.8, 4) is 0 Å². The van der Waals surface area contributed by atoms with E-state index in [1.165, 1.54) is 19.6 Å². The molecule has 2 aliphatic rings. The summed E-state index contributed by atoms with van der Waals surface area (Å²) in [5, 5.41) is 0. The van der Waals surface area contributed by atoms with Gasteiger partial charge in [0.25, 0.3) is 0 Å². The first-order chi connectivity index (χ1) is 15.1. The van der Waals surface area contributed by atoms with Gasteiger partial charge in [-0.2, -0.15) is 0 Å². The van der Waals surface area contributed by atoms with Gasteiger partial charge in [0.05, 0.1) is 11.8 Å². The van der Waals surface area contributed by atoms with Gasteiger partial charge >= 0.3 is 0 Å². The van der Waals surface area contributed by atoms with Crippen LogP contribution in [-0.4, -0.2) is 107 Å². The van der Waals surface area contributed by atoms with Gasteiger partial charge in [-0.25, -0.2) is 0 Å². The molecule has 0 aromatic heterocycles. The largest absolute Gasteiger partial charge is 0.332 e. The summed E-state index contributed by atoms with van der Waals surface area (Å²) in [6.45, 7) is 0. The number of nitrogens with zero attached hydrogens (tertiary/aromatic N) is 4. The van der Waals surface area contributed by atoms with Gasteiger partial charge < -0.3 is 19.6 Å². The predicted octanol–water partition coefficient (Wildman–Crippen LogP) is 0.584. The number of piperazine rings is 2. The van der Waals surface area contributed by atoms with Crippen LogP contribution in [0.2, 0.25) is 0 Å². The van der Waals surface area contributed by atoms with Crippen LogP contribution in [0.4, 0.5) is 0 Å². The Hall–Kier alpha value is -2.32. The van der Waals surface area contributed by atoms with Crippen molar-refractivity contribution in [1.82, 2.24) is 19.6 Å². The topological polar surface area (TPSA) is 81.2 Å². The molecule has 0 N–H and O–H groups in total. The number of alkyl halides is 2. The molecule has 10 heteroatoms. The molecular weight excluding hydrogens is 455 g/mol. The third kappa shape index (κ3) is 4.30. The Bertz CT molecular complexity index is 837. The minimum Gasteiger partial charge on any atom is -0.332 e. The summed E-state index contributed by atoms with van der Waals surface area (Å²) in [5.41, 5.74) is 1.78. The van der Waals surface area contributed by atoms with Crippen molar-refractivity contribution in [3.05, 3.63) is 35.4 Å². The molecule has 174 valence electrons. The first-order valence-corrected chi connectivity index (χ1v) is 11.5. The van der Waals surface area contributed by atoms with Crippen LogP contribution in [0.5, 0.6) is 0 Å². The van der Waals surface area contributed by atoms with Gasteiger partial charge in [-0.15, -0.1) is 23.2 Å². The maximum atomic E-state index is 12.8. The van der Waals surface area contributed by atoms with Crippen LogP contribution in [0.15, 0.2) is 24.3 Å². The van der Waals surface area contributed by atoms with Gasteiger partial charge in [-0.3, -0.25) is 19.2 Å². The van der Waals surface area contributed by atoms with E-state index in [0.717, 1.165) is 11.1 Å². The standard InChI is InChI=1S/C22H28Cl2N4O4/c1-25-15(19(29)27(3)17(11-23)21(25)31)9-13-5-7-14(8-6-13)10-16-20(30)28(4)18(12-24)22(32)26(16)2/h5-8,15-18H,9-12H2,1-4H3. The number of amides is 4. The zero-order valence-electron chi connectivity index (χ0n) is 18.6. The smallest absolute Gasteiger partial charge is 0.247 e. The lowest BCUT2D eigenvalue weighted by Gasteiger charge is -2.41. The second-order valence-corrected chi connectivity index (χ2v) is 9.01. The Morgan fingerprint density at radius 2 is 0.812 bits per heavy atom. The third-order valence-corrected chi connectivity index (χ3v) is 7.16. The van der Waals surface area contributed by atoms with Crippen molar-refractivity contribution in [2.24, 2.45) is 0 Å². The van der Waals surface area contributed by atoms with E-state index in [1.54, 1.807) is 28.2 Å². The Labute approximate surface area is 198 Å². The lowest BCUT2D eigenvalue weighted by atomic mass is 9.96. The molecule has 32 heavy (non-hydrogen) atoms. The first-order valence-electron chi connectivity index (χ1n) is 10.4. The van der Waals surface area contributed by atoms with Crippen molar-refractivity contribution < 1.29 is 19.2 Å². The Morgan fingerprint density at radius 1 is 0.562 bits per heavy atom. The van der Waals surface area contributed by atoms with Gasteiger partial charge in [-0.1, -0.05) is 24.3 Å². The Kier molecular flexibility index (Phi) is 7.35. The number of likely N-dealkylation sites (N-methyl/N-ethyl adjacent to an activating group) is 4. The zero-order valence-corrected chi connectivity index (χ0v) is 20.1. The number of carbonyl (C=O) groups excluding carboxylic acids is 4. The molecule has 0 bridgehead atoms. The molecule has 1 aromatic rings. The summed E-state index contributed by atoms with van der Waals surface area (Å²) < 4.78 is 0. The van der Waals surface area contributed by atoms with Crippen molar-refractivity contribution in [1.29, 1.82) is 0 Å². The van der Waals surface area contributed by atoms with Crippen LogP contribution in [0, 0.1) is 0 Å². The number of hydrogen-bond acceptors (Lipinski definition) is 4. The Balaban J connectivity index is 1.70. The minimum atomic E-state index is -0.642. The van der Waals surface area contributed by atoms with Crippen LogP contribution in [0.1, 0.15) is 11.1 Å². The predicted molar refractivity (Wildman–Crippen MR) is 122 cm³/mol. The summed E-state index contributed by atoms with van der Waals surface area (Å²) >= 11 is 11.7. The lowest BCUT2D eigenvalue weighted by molar-refractivity contribution is -0.157. The summed E-state index contributed by atoms with van der Waals surface area (Å²) in [6.07, 6.45) is 0.753. The van der Waals surface area contributed by atoms with Gasteiger partial charge in [0.2, 0.25) is 23.6 Å². The van der Waals surface area contributed by atoms with Gasteiger partial charge in [-0.05, 0) is 11.1 Å². The summed E-state index contributed by atoms with van der Waals surface area (Å²) in [7, 11) is 6.44. The number of halogens is 2. The highest BCUT2D eigenvalue weighted by Crippen LogP contribution is 2.22. The molecule has 2 saturated heterocycles. The van der Waals surface area contributed by atoms with Crippen LogP contribution in [-0.2, 0) is 32.0 Å². The number of hydrogen-bond donors (Lipinski definition) is 0. The molecule has 3 rings (SSSR count). The average molecular weight is 483 g/mol. The number of carbonyl (C=O) groups is 4. The zero-order chi connectivity index (χ0) is 23.7. The fraction of sp³-hybridized carbons (Fsp3) is 0.545. The lowest BCUT2D eigenvalue weighted by Crippen LogP contribution is -2.63. The molecule has 0 radical (unpaired) electrons. The van der Waals surface area contributed by atoms with Crippen molar-refractivity contribution in [3.63, 3.8) is 0 Å². The molecule has 4 unspecified atom stereocenters. The highest BCUT2D eigenvalue weighted by atomic mass is 35.5. The van der Waals surface area contributed by atoms with E-state index in [0.29, 0.717) is 12.8 Å². The van der Waals surface area contributed by atoms with Crippen molar-refractivity contribution in [2.45, 2.75) is 37.0 Å². The Morgan fingerprint density at radius 3 is 1.09 bits per heavy atom. The number of benzene rings is 1. The molecule has 8 nitrogen and oxygen atoms in total. The van der Waals surface area contributed by atoms with Crippen LogP contribution < -0.4 is 0 Å². The minimum absolute atomic E-state index is 0.0600. The molecule has 4 atom stereocenters. The van der Waals surface area contributed by atoms with E-state index in [1.807, 2.05) is 24.3 Å².